The highest BCUT2D eigenvalue weighted by molar-refractivity contribution is 6.16. The molecule has 62 heavy (non-hydrogen) atoms. The molecule has 12 bridgehead atoms. The van der Waals surface area contributed by atoms with Crippen LogP contribution in [-0.2, 0) is 22.4 Å². The maximum atomic E-state index is 14.1. The van der Waals surface area contributed by atoms with E-state index in [0.29, 0.717) is 46.5 Å². The molecule has 0 saturated carbocycles. The number of aryl methyl sites for hydroxylation is 8. The number of benzene rings is 5. The van der Waals surface area contributed by atoms with Gasteiger partial charge in [-0.15, -0.1) is 5.73 Å². The molecule has 5 aromatic carbocycles. The normalized spacial score (nSPS) is 15.0. The number of allylic oxidation sites excluding steroid dienone is 3. The fourth-order valence-electron chi connectivity index (χ4n) is 8.93. The first-order valence-corrected chi connectivity index (χ1v) is 20.7. The average molecular weight is 817 g/mol. The number of hydrogen-bond acceptors (Lipinski definition) is 4. The largest absolute Gasteiger partial charge is 0.322 e. The first-order chi connectivity index (χ1) is 29.6. The summed E-state index contributed by atoms with van der Waals surface area (Å²) in [5, 5.41) is 12.5. The summed E-state index contributed by atoms with van der Waals surface area (Å²) in [6, 6.07) is 23.3. The minimum absolute atomic E-state index is 0.237. The molecule has 0 saturated heterocycles. The number of rotatable bonds is 0. The van der Waals surface area contributed by atoms with Crippen molar-refractivity contribution in [2.24, 2.45) is 0 Å². The SMILES string of the molecule is Cc1cc2cc(C)c1NC(=O)C1=C=C(C(=O)Nc3c(C)cc(cc3C)Cc3cc(C)c(c(C)c3)NC(=O)c3cccc(c3)C(=O)Nc3c(C)cc(cc3C)C2)C2=CC=CC=C=C12. The van der Waals surface area contributed by atoms with Gasteiger partial charge in [-0.05, 0) is 159 Å². The van der Waals surface area contributed by atoms with Crippen molar-refractivity contribution in [3.05, 3.63) is 209 Å². The molecule has 0 unspecified atom stereocenters. The molecule has 8 nitrogen and oxygen atoms in total. The molecule has 0 atom stereocenters. The Morgan fingerprint density at radius 1 is 0.419 bits per heavy atom. The predicted octanol–water partition coefficient (Wildman–Crippen LogP) is 10.8. The van der Waals surface area contributed by atoms with Gasteiger partial charge in [-0.3, -0.25) is 19.2 Å². The molecule has 0 aromatic heterocycles. The second kappa shape index (κ2) is 16.5. The minimum atomic E-state index is -0.380. The van der Waals surface area contributed by atoms with Gasteiger partial charge < -0.3 is 21.3 Å². The van der Waals surface area contributed by atoms with E-state index < -0.39 is 0 Å². The van der Waals surface area contributed by atoms with Crippen LogP contribution in [0.3, 0.4) is 0 Å². The molecule has 308 valence electrons. The van der Waals surface area contributed by atoms with Crippen LogP contribution in [0.1, 0.15) is 87.5 Å². The maximum Gasteiger partial charge on any atom is 0.264 e. The van der Waals surface area contributed by atoms with E-state index in [2.05, 4.69) is 81.3 Å². The molecule has 4 N–H and O–H groups in total. The second-order valence-corrected chi connectivity index (χ2v) is 16.7. The Hall–Kier alpha value is -7.50. The Labute approximate surface area is 362 Å². The molecule has 12 aliphatic rings. The van der Waals surface area contributed by atoms with Crippen molar-refractivity contribution in [1.29, 1.82) is 0 Å². The summed E-state index contributed by atoms with van der Waals surface area (Å²) in [7, 11) is 0. The Kier molecular flexibility index (Phi) is 11.0. The fourth-order valence-corrected chi connectivity index (χ4v) is 8.93. The maximum absolute atomic E-state index is 14.1. The summed E-state index contributed by atoms with van der Waals surface area (Å²) in [4.78, 5) is 55.6. The lowest BCUT2D eigenvalue weighted by Crippen LogP contribution is -2.17. The van der Waals surface area contributed by atoms with Gasteiger partial charge in [-0.25, -0.2) is 0 Å². The molecule has 0 radical (unpaired) electrons. The zero-order chi connectivity index (χ0) is 44.0. The standard InChI is InChI=1S/C54H48N4O4/c1-29-17-37-18-30(2)47(29)55-51(59)41-13-12-14-42(27-41)52(60)56-48-31(3)19-38(20-32(48)4)26-40-23-35(7)50(36(8)24-40)58-54(62)46-28-45(43-15-10-9-11-16-44(43)46)53(61)57-49-33(5)21-39(25-37)22-34(49)6/h9-15,17-24,27H,25-26H2,1-8H3,(H,55,59)(H,56,60)(H,57,61)(H,58,62). The third kappa shape index (κ3) is 8.18. The van der Waals surface area contributed by atoms with Gasteiger partial charge in [0.1, 0.15) is 0 Å². The van der Waals surface area contributed by atoms with E-state index in [4.69, 9.17) is 0 Å². The van der Waals surface area contributed by atoms with Crippen LogP contribution in [0, 0.1) is 55.4 Å². The zero-order valence-corrected chi connectivity index (χ0v) is 36.3. The van der Waals surface area contributed by atoms with Crippen molar-refractivity contribution in [3.63, 3.8) is 0 Å². The minimum Gasteiger partial charge on any atom is -0.322 e. The Morgan fingerprint density at radius 2 is 0.774 bits per heavy atom. The lowest BCUT2D eigenvalue weighted by molar-refractivity contribution is -0.113. The van der Waals surface area contributed by atoms with Gasteiger partial charge in [-0.1, -0.05) is 78.6 Å². The Balaban J connectivity index is 1.19. The molecular formula is C54H48N4O4. The van der Waals surface area contributed by atoms with Gasteiger partial charge in [0.2, 0.25) is 0 Å². The lowest BCUT2D eigenvalue weighted by Gasteiger charge is -2.17. The van der Waals surface area contributed by atoms with Crippen LogP contribution in [0.4, 0.5) is 22.7 Å². The first-order valence-electron chi connectivity index (χ1n) is 20.7. The summed E-state index contributed by atoms with van der Waals surface area (Å²) in [6.07, 6.45) is 8.47. The number of fused-ring (bicyclic) bond motifs is 1. The van der Waals surface area contributed by atoms with Crippen LogP contribution in [0.15, 0.2) is 131 Å². The van der Waals surface area contributed by atoms with Crippen LogP contribution in [0.2, 0.25) is 0 Å². The van der Waals surface area contributed by atoms with E-state index in [1.807, 2.05) is 73.6 Å². The van der Waals surface area contributed by atoms with Crippen molar-refractivity contribution in [1.82, 2.24) is 0 Å². The van der Waals surface area contributed by atoms with Crippen LogP contribution >= 0.6 is 0 Å². The number of hydrogen-bond donors (Lipinski definition) is 4. The second-order valence-electron chi connectivity index (χ2n) is 16.7. The summed E-state index contributed by atoms with van der Waals surface area (Å²) >= 11 is 0. The third-order valence-corrected chi connectivity index (χ3v) is 11.7. The molecule has 2 aliphatic carbocycles. The number of carbonyl (C=O) groups excluding carboxylic acids is 4. The number of carbonyl (C=O) groups is 4. The number of nitrogens with one attached hydrogen (secondary N) is 4. The highest BCUT2D eigenvalue weighted by atomic mass is 16.2. The highest BCUT2D eigenvalue weighted by Gasteiger charge is 2.31. The smallest absolute Gasteiger partial charge is 0.264 e. The van der Waals surface area contributed by atoms with Crippen LogP contribution in [0.25, 0.3) is 0 Å². The van der Waals surface area contributed by atoms with Crippen molar-refractivity contribution in [2.45, 2.75) is 68.2 Å². The molecule has 5 aromatic rings. The number of amides is 4. The van der Waals surface area contributed by atoms with E-state index in [-0.39, 0.29) is 34.8 Å². The Bertz CT molecular complexity index is 2940. The van der Waals surface area contributed by atoms with E-state index >= 15 is 0 Å². The average Bonchev–Trinajstić information content (AvgIpc) is 3.40. The lowest BCUT2D eigenvalue weighted by atomic mass is 9.95. The highest BCUT2D eigenvalue weighted by Crippen LogP contribution is 2.36. The van der Waals surface area contributed by atoms with Gasteiger partial charge in [0.15, 0.2) is 0 Å². The van der Waals surface area contributed by atoms with Gasteiger partial charge in [-0.2, -0.15) is 0 Å². The van der Waals surface area contributed by atoms with Gasteiger partial charge >= 0.3 is 0 Å². The van der Waals surface area contributed by atoms with Gasteiger partial charge in [0.05, 0.1) is 11.1 Å². The van der Waals surface area contributed by atoms with Crippen LogP contribution in [0.5, 0.6) is 0 Å². The molecule has 17 rings (SSSR count). The summed E-state index contributed by atoms with van der Waals surface area (Å²) in [5.74, 6) is -1.36. The van der Waals surface area contributed by atoms with Crippen molar-refractivity contribution < 1.29 is 19.2 Å². The molecular weight excluding hydrogens is 769 g/mol. The van der Waals surface area contributed by atoms with E-state index in [1.54, 1.807) is 30.3 Å². The van der Waals surface area contributed by atoms with Gasteiger partial charge in [0.25, 0.3) is 23.6 Å². The fraction of sp³-hybridized carbons (Fsp3) is 0.185. The van der Waals surface area contributed by atoms with Crippen molar-refractivity contribution in [3.8, 4) is 0 Å². The van der Waals surface area contributed by atoms with Gasteiger partial charge in [0, 0.05) is 45.0 Å². The van der Waals surface area contributed by atoms with E-state index in [9.17, 15) is 19.2 Å². The van der Waals surface area contributed by atoms with Crippen molar-refractivity contribution in [2.75, 3.05) is 21.3 Å². The molecule has 10 heterocycles. The molecule has 0 fully saturated rings. The Morgan fingerprint density at radius 3 is 1.16 bits per heavy atom. The topological polar surface area (TPSA) is 116 Å². The van der Waals surface area contributed by atoms with Crippen molar-refractivity contribution >= 4 is 46.4 Å². The summed E-state index contributed by atoms with van der Waals surface area (Å²) < 4.78 is 0. The van der Waals surface area contributed by atoms with Crippen LogP contribution < -0.4 is 21.3 Å². The quantitative estimate of drug-likeness (QED) is 0.116. The molecule has 8 heteroatoms. The molecule has 0 spiro atoms. The summed E-state index contributed by atoms with van der Waals surface area (Å²) in [5.41, 5.74) is 23.1. The van der Waals surface area contributed by atoms with Crippen LogP contribution in [-0.4, -0.2) is 23.6 Å². The predicted molar refractivity (Wildman–Crippen MR) is 248 cm³/mol. The molecule has 4 amide bonds. The monoisotopic (exact) mass is 816 g/mol. The first kappa shape index (κ1) is 41.2. The zero-order valence-electron chi connectivity index (χ0n) is 36.3. The molecule has 10 aliphatic heterocycles. The number of anilines is 4. The van der Waals surface area contributed by atoms with E-state index in [0.717, 1.165) is 78.1 Å². The summed E-state index contributed by atoms with van der Waals surface area (Å²) in [6.45, 7) is 15.8. The third-order valence-electron chi connectivity index (χ3n) is 11.7. The van der Waals surface area contributed by atoms with E-state index in [1.165, 1.54) is 0 Å².